The van der Waals surface area contributed by atoms with E-state index in [-0.39, 0.29) is 5.41 Å². The highest BCUT2D eigenvalue weighted by atomic mass is 14.9. The van der Waals surface area contributed by atoms with Crippen LogP contribution in [0.2, 0.25) is 0 Å². The van der Waals surface area contributed by atoms with Crippen LogP contribution in [0.4, 0.5) is 5.69 Å². The Morgan fingerprint density at radius 1 is 0.957 bits per heavy atom. The van der Waals surface area contributed by atoms with Gasteiger partial charge in [0.05, 0.1) is 11.6 Å². The zero-order valence-electron chi connectivity index (χ0n) is 13.6. The highest BCUT2D eigenvalue weighted by molar-refractivity contribution is 5.64. The molecule has 3 heteroatoms. The summed E-state index contributed by atoms with van der Waals surface area (Å²) in [6.07, 6.45) is 1.81. The van der Waals surface area contributed by atoms with Crippen LogP contribution in [-0.2, 0) is 5.41 Å². The van der Waals surface area contributed by atoms with E-state index in [1.165, 1.54) is 5.56 Å². The predicted molar refractivity (Wildman–Crippen MR) is 93.5 cm³/mol. The third-order valence-electron chi connectivity index (χ3n) is 3.50. The number of anilines is 1. The summed E-state index contributed by atoms with van der Waals surface area (Å²) in [5.74, 6) is 0. The second kappa shape index (κ2) is 6.81. The van der Waals surface area contributed by atoms with Crippen LogP contribution in [0.25, 0.3) is 6.08 Å². The van der Waals surface area contributed by atoms with Crippen molar-refractivity contribution in [3.8, 4) is 12.1 Å². The van der Waals surface area contributed by atoms with Crippen molar-refractivity contribution in [2.24, 2.45) is 0 Å². The number of hydrogen-bond donors (Lipinski definition) is 1. The van der Waals surface area contributed by atoms with Crippen LogP contribution in [-0.4, -0.2) is 0 Å². The van der Waals surface area contributed by atoms with Gasteiger partial charge in [-0.2, -0.15) is 10.5 Å². The molecule has 0 saturated carbocycles. The molecular weight excluding hydrogens is 282 g/mol. The second-order valence-corrected chi connectivity index (χ2v) is 6.36. The van der Waals surface area contributed by atoms with Crippen molar-refractivity contribution < 1.29 is 0 Å². The van der Waals surface area contributed by atoms with Gasteiger partial charge in [-0.3, -0.25) is 0 Å². The van der Waals surface area contributed by atoms with Crippen molar-refractivity contribution >= 4 is 11.8 Å². The third kappa shape index (κ3) is 4.46. The molecule has 0 aliphatic rings. The van der Waals surface area contributed by atoms with E-state index >= 15 is 0 Å². The van der Waals surface area contributed by atoms with Crippen LogP contribution in [0.15, 0.2) is 54.2 Å². The minimum absolute atomic E-state index is 0.112. The van der Waals surface area contributed by atoms with E-state index in [0.29, 0.717) is 11.3 Å². The summed E-state index contributed by atoms with van der Waals surface area (Å²) in [4.78, 5) is 0. The number of benzene rings is 2. The van der Waals surface area contributed by atoms with E-state index < -0.39 is 0 Å². The zero-order chi connectivity index (χ0) is 16.9. The Morgan fingerprint density at radius 3 is 2.04 bits per heavy atom. The topological polar surface area (TPSA) is 59.6 Å². The van der Waals surface area contributed by atoms with Gasteiger partial charge in [0.1, 0.15) is 11.8 Å². The molecule has 0 bridgehead atoms. The van der Waals surface area contributed by atoms with Gasteiger partial charge in [0.25, 0.3) is 0 Å². The third-order valence-corrected chi connectivity index (χ3v) is 3.50. The number of allylic oxidation sites excluding steroid dienone is 1. The summed E-state index contributed by atoms with van der Waals surface area (Å²) in [6, 6.07) is 19.4. The molecule has 3 nitrogen and oxygen atoms in total. The van der Waals surface area contributed by atoms with Crippen molar-refractivity contribution in [1.29, 1.82) is 10.5 Å². The fourth-order valence-corrected chi connectivity index (χ4v) is 2.13. The Balaban J connectivity index is 2.18. The molecule has 0 atom stereocenters. The first-order valence-electron chi connectivity index (χ1n) is 7.42. The van der Waals surface area contributed by atoms with Crippen LogP contribution < -0.4 is 5.32 Å². The summed E-state index contributed by atoms with van der Waals surface area (Å²) < 4.78 is 0. The molecule has 0 aromatic heterocycles. The van der Waals surface area contributed by atoms with Crippen molar-refractivity contribution in [3.05, 3.63) is 70.9 Å². The Kier molecular flexibility index (Phi) is 4.84. The molecule has 0 radical (unpaired) electrons. The molecule has 0 saturated heterocycles. The molecule has 0 heterocycles. The molecule has 23 heavy (non-hydrogen) atoms. The summed E-state index contributed by atoms with van der Waals surface area (Å²) in [6.45, 7) is 6.51. The maximum absolute atomic E-state index is 9.30. The minimum Gasteiger partial charge on any atom is -0.347 e. The van der Waals surface area contributed by atoms with Gasteiger partial charge >= 0.3 is 0 Å². The number of hydrogen-bond acceptors (Lipinski definition) is 3. The molecule has 0 aliphatic heterocycles. The molecule has 0 aliphatic carbocycles. The van der Waals surface area contributed by atoms with Crippen LogP contribution in [0.1, 0.15) is 37.5 Å². The Bertz CT molecular complexity index is 777. The fourth-order valence-electron chi connectivity index (χ4n) is 2.13. The Morgan fingerprint density at radius 2 is 1.57 bits per heavy atom. The molecule has 2 aromatic carbocycles. The number of nitrogens with zero attached hydrogens (tertiary/aromatic N) is 2. The highest BCUT2D eigenvalue weighted by Crippen LogP contribution is 2.23. The van der Waals surface area contributed by atoms with Gasteiger partial charge in [-0.05, 0) is 46.9 Å². The standard InChI is InChI=1S/C20H19N3/c1-20(2,3)17-8-4-15(5-9-17)12-19(14-22)23-18-10-6-16(13-21)7-11-18/h4-12,23H,1-3H3/b19-12+. The lowest BCUT2D eigenvalue weighted by Crippen LogP contribution is -2.10. The monoisotopic (exact) mass is 301 g/mol. The molecular formula is C20H19N3. The quantitative estimate of drug-likeness (QED) is 0.826. The van der Waals surface area contributed by atoms with Gasteiger partial charge in [0.2, 0.25) is 0 Å². The maximum Gasteiger partial charge on any atom is 0.118 e. The maximum atomic E-state index is 9.30. The number of nitriles is 2. The van der Waals surface area contributed by atoms with E-state index in [1.807, 2.05) is 18.2 Å². The first-order chi connectivity index (χ1) is 10.9. The van der Waals surface area contributed by atoms with Gasteiger partial charge in [0, 0.05) is 5.69 Å². The molecule has 2 rings (SSSR count). The predicted octanol–water partition coefficient (Wildman–Crippen LogP) is 4.83. The van der Waals surface area contributed by atoms with Crippen LogP contribution in [0.3, 0.4) is 0 Å². The van der Waals surface area contributed by atoms with E-state index in [9.17, 15) is 5.26 Å². The van der Waals surface area contributed by atoms with Gasteiger partial charge < -0.3 is 5.32 Å². The lowest BCUT2D eigenvalue weighted by atomic mass is 9.87. The normalized spacial score (nSPS) is 11.4. The summed E-state index contributed by atoms with van der Waals surface area (Å²) in [5.41, 5.74) is 4.17. The number of rotatable bonds is 3. The highest BCUT2D eigenvalue weighted by Gasteiger charge is 2.12. The first kappa shape index (κ1) is 16.3. The smallest absolute Gasteiger partial charge is 0.118 e. The second-order valence-electron chi connectivity index (χ2n) is 6.36. The van der Waals surface area contributed by atoms with E-state index in [4.69, 9.17) is 5.26 Å². The SMILES string of the molecule is CC(C)(C)c1ccc(/C=C(\C#N)Nc2ccc(C#N)cc2)cc1. The van der Waals surface area contributed by atoms with Crippen LogP contribution in [0, 0.1) is 22.7 Å². The minimum atomic E-state index is 0.112. The largest absolute Gasteiger partial charge is 0.347 e. The molecule has 2 aromatic rings. The fraction of sp³-hybridized carbons (Fsp3) is 0.200. The summed E-state index contributed by atoms with van der Waals surface area (Å²) in [7, 11) is 0. The average molecular weight is 301 g/mol. The van der Waals surface area contributed by atoms with Gasteiger partial charge in [-0.25, -0.2) is 0 Å². The van der Waals surface area contributed by atoms with E-state index in [1.54, 1.807) is 24.3 Å². The molecule has 0 spiro atoms. The van der Waals surface area contributed by atoms with E-state index in [2.05, 4.69) is 50.4 Å². The van der Waals surface area contributed by atoms with E-state index in [0.717, 1.165) is 11.3 Å². The van der Waals surface area contributed by atoms with Crippen molar-refractivity contribution in [3.63, 3.8) is 0 Å². The molecule has 1 N–H and O–H groups in total. The Labute approximate surface area is 137 Å². The molecule has 114 valence electrons. The average Bonchev–Trinajstić information content (AvgIpc) is 2.54. The van der Waals surface area contributed by atoms with Crippen LogP contribution >= 0.6 is 0 Å². The van der Waals surface area contributed by atoms with Gasteiger partial charge in [0.15, 0.2) is 0 Å². The zero-order valence-corrected chi connectivity index (χ0v) is 13.6. The van der Waals surface area contributed by atoms with Crippen molar-refractivity contribution in [2.45, 2.75) is 26.2 Å². The lowest BCUT2D eigenvalue weighted by Gasteiger charge is -2.18. The van der Waals surface area contributed by atoms with Gasteiger partial charge in [-0.15, -0.1) is 0 Å². The summed E-state index contributed by atoms with van der Waals surface area (Å²) in [5, 5.41) is 21.2. The lowest BCUT2D eigenvalue weighted by molar-refractivity contribution is 0.590. The molecule has 0 fully saturated rings. The van der Waals surface area contributed by atoms with Crippen molar-refractivity contribution in [1.82, 2.24) is 0 Å². The van der Waals surface area contributed by atoms with Gasteiger partial charge in [-0.1, -0.05) is 45.0 Å². The first-order valence-corrected chi connectivity index (χ1v) is 7.42. The Hall–Kier alpha value is -3.04. The van der Waals surface area contributed by atoms with Crippen molar-refractivity contribution in [2.75, 3.05) is 5.32 Å². The molecule has 0 amide bonds. The van der Waals surface area contributed by atoms with Crippen LogP contribution in [0.5, 0.6) is 0 Å². The molecule has 0 unspecified atom stereocenters. The summed E-state index contributed by atoms with van der Waals surface area (Å²) >= 11 is 0. The number of nitrogens with one attached hydrogen (secondary N) is 1.